The van der Waals surface area contributed by atoms with E-state index >= 15 is 0 Å². The summed E-state index contributed by atoms with van der Waals surface area (Å²) >= 11 is 3.08. The minimum absolute atomic E-state index is 0.0145. The van der Waals surface area contributed by atoms with Crippen LogP contribution >= 0.6 is 23.1 Å². The van der Waals surface area contributed by atoms with Gasteiger partial charge in [-0.1, -0.05) is 11.8 Å². The van der Waals surface area contributed by atoms with Gasteiger partial charge in [0.25, 0.3) is 5.56 Å². The van der Waals surface area contributed by atoms with Crippen molar-refractivity contribution in [1.29, 1.82) is 0 Å². The van der Waals surface area contributed by atoms with Crippen LogP contribution in [0, 0.1) is 0 Å². The number of nitrogens with two attached hydrogens (primary N) is 1. The number of rotatable bonds is 3. The predicted molar refractivity (Wildman–Crippen MR) is 94.9 cm³/mol. The van der Waals surface area contributed by atoms with E-state index in [1.54, 1.807) is 11.3 Å². The van der Waals surface area contributed by atoms with E-state index in [-0.39, 0.29) is 11.6 Å². The molecule has 0 amide bonds. The second kappa shape index (κ2) is 6.42. The number of thioether (sulfide) groups is 1. The molecule has 0 aliphatic heterocycles. The van der Waals surface area contributed by atoms with Gasteiger partial charge in [0, 0.05) is 10.9 Å². The molecule has 0 unspecified atom stereocenters. The first-order valence-corrected chi connectivity index (χ1v) is 9.34. The number of nitrogens with one attached hydrogen (secondary N) is 1. The Balaban J connectivity index is 1.88. The molecule has 0 aromatic carbocycles. The Labute approximate surface area is 137 Å². The second-order valence-electron chi connectivity index (χ2n) is 5.75. The van der Waals surface area contributed by atoms with Gasteiger partial charge >= 0.3 is 0 Å². The lowest BCUT2D eigenvalue weighted by molar-refractivity contribution is 0.700. The molecule has 2 aromatic rings. The first-order valence-electron chi connectivity index (χ1n) is 7.54. The third kappa shape index (κ3) is 3.20. The fraction of sp³-hybridized carbons (Fsp3) is 0.533. The monoisotopic (exact) mass is 336 g/mol. The Kier molecular flexibility index (Phi) is 4.54. The average molecular weight is 336 g/mol. The van der Waals surface area contributed by atoms with Crippen molar-refractivity contribution in [2.24, 2.45) is 10.7 Å². The van der Waals surface area contributed by atoms with E-state index in [0.717, 1.165) is 29.5 Å². The van der Waals surface area contributed by atoms with E-state index < -0.39 is 0 Å². The molecule has 7 heteroatoms. The minimum atomic E-state index is -0.0145. The number of nitrogens with zero attached hydrogens (tertiary/aromatic N) is 2. The first kappa shape index (κ1) is 15.6. The van der Waals surface area contributed by atoms with Crippen molar-refractivity contribution in [3.63, 3.8) is 0 Å². The lowest BCUT2D eigenvalue weighted by Crippen LogP contribution is -2.14. The fourth-order valence-electron chi connectivity index (χ4n) is 2.71. The number of aliphatic imine (C=N–C) groups is 1. The van der Waals surface area contributed by atoms with Gasteiger partial charge in [0.15, 0.2) is 5.17 Å². The number of aromatic nitrogens is 2. The summed E-state index contributed by atoms with van der Waals surface area (Å²) in [4.78, 5) is 26.4. The van der Waals surface area contributed by atoms with Gasteiger partial charge in [-0.3, -0.25) is 9.79 Å². The Morgan fingerprint density at radius 2 is 2.23 bits per heavy atom. The standard InChI is InChI=1S/C15H20N4OS2/c1-8(2)17-15(16)21-7-11-18-13(20)12-9-5-3-4-6-10(9)22-14(12)19-11/h8H,3-7H2,1-2H3,(H2,16,17)(H,18,19,20). The van der Waals surface area contributed by atoms with Crippen molar-refractivity contribution in [3.8, 4) is 0 Å². The molecule has 3 N–H and O–H groups in total. The van der Waals surface area contributed by atoms with E-state index in [1.165, 1.54) is 28.6 Å². The molecule has 0 saturated heterocycles. The Hall–Kier alpha value is -1.34. The van der Waals surface area contributed by atoms with Crippen molar-refractivity contribution in [1.82, 2.24) is 9.97 Å². The molecule has 0 spiro atoms. The van der Waals surface area contributed by atoms with Crippen LogP contribution in [0.5, 0.6) is 0 Å². The molecular formula is C15H20N4OS2. The van der Waals surface area contributed by atoms with Crippen LogP contribution in [0.1, 0.15) is 43.0 Å². The summed E-state index contributed by atoms with van der Waals surface area (Å²) in [5, 5.41) is 1.33. The van der Waals surface area contributed by atoms with Crippen molar-refractivity contribution in [3.05, 3.63) is 26.6 Å². The summed E-state index contributed by atoms with van der Waals surface area (Å²) in [6.07, 6.45) is 4.46. The Bertz CT molecular complexity index is 776. The molecule has 2 heterocycles. The van der Waals surface area contributed by atoms with E-state index in [4.69, 9.17) is 5.73 Å². The molecule has 118 valence electrons. The summed E-state index contributed by atoms with van der Waals surface area (Å²) in [6.45, 7) is 3.96. The third-order valence-electron chi connectivity index (χ3n) is 3.62. The average Bonchev–Trinajstić information content (AvgIpc) is 2.83. The minimum Gasteiger partial charge on any atom is -0.379 e. The Morgan fingerprint density at radius 3 is 3.00 bits per heavy atom. The van der Waals surface area contributed by atoms with Crippen LogP contribution in [-0.4, -0.2) is 21.2 Å². The van der Waals surface area contributed by atoms with E-state index in [0.29, 0.717) is 16.7 Å². The molecule has 0 fully saturated rings. The van der Waals surface area contributed by atoms with Crippen LogP contribution in [-0.2, 0) is 18.6 Å². The van der Waals surface area contributed by atoms with Crippen LogP contribution in [0.2, 0.25) is 0 Å². The smallest absolute Gasteiger partial charge is 0.259 e. The van der Waals surface area contributed by atoms with Crippen molar-refractivity contribution >= 4 is 38.5 Å². The summed E-state index contributed by atoms with van der Waals surface area (Å²) in [5.41, 5.74) is 7.06. The van der Waals surface area contributed by atoms with Crippen LogP contribution < -0.4 is 11.3 Å². The summed E-state index contributed by atoms with van der Waals surface area (Å²) in [5.74, 6) is 1.21. The number of hydrogen-bond donors (Lipinski definition) is 2. The molecule has 22 heavy (non-hydrogen) atoms. The van der Waals surface area contributed by atoms with Crippen molar-refractivity contribution in [2.75, 3.05) is 0 Å². The van der Waals surface area contributed by atoms with Crippen LogP contribution in [0.15, 0.2) is 9.79 Å². The maximum Gasteiger partial charge on any atom is 0.259 e. The van der Waals surface area contributed by atoms with E-state index in [9.17, 15) is 4.79 Å². The highest BCUT2D eigenvalue weighted by molar-refractivity contribution is 8.13. The quantitative estimate of drug-likeness (QED) is 0.667. The number of H-pyrrole nitrogens is 1. The molecule has 0 radical (unpaired) electrons. The highest BCUT2D eigenvalue weighted by atomic mass is 32.2. The number of fused-ring (bicyclic) bond motifs is 3. The summed E-state index contributed by atoms with van der Waals surface area (Å²) in [6, 6.07) is 0.172. The van der Waals surface area contributed by atoms with Gasteiger partial charge in [-0.2, -0.15) is 0 Å². The van der Waals surface area contributed by atoms with Crippen LogP contribution in [0.4, 0.5) is 0 Å². The molecule has 3 rings (SSSR count). The number of aryl methyl sites for hydroxylation is 2. The molecule has 0 bridgehead atoms. The highest BCUT2D eigenvalue weighted by Gasteiger charge is 2.19. The molecule has 0 saturated carbocycles. The lowest BCUT2D eigenvalue weighted by atomic mass is 9.97. The lowest BCUT2D eigenvalue weighted by Gasteiger charge is -2.09. The third-order valence-corrected chi connectivity index (χ3v) is 5.62. The maximum absolute atomic E-state index is 12.4. The molecule has 5 nitrogen and oxygen atoms in total. The SMILES string of the molecule is CC(C)N=C(N)SCc1nc2sc3c(c2c(=O)[nH]1)CCCC3. The van der Waals surface area contributed by atoms with Gasteiger partial charge < -0.3 is 10.7 Å². The van der Waals surface area contributed by atoms with Crippen LogP contribution in [0.25, 0.3) is 10.2 Å². The summed E-state index contributed by atoms with van der Waals surface area (Å²) < 4.78 is 0. The molecule has 1 aliphatic carbocycles. The highest BCUT2D eigenvalue weighted by Crippen LogP contribution is 2.33. The zero-order valence-corrected chi connectivity index (χ0v) is 14.4. The van der Waals surface area contributed by atoms with E-state index in [1.807, 2.05) is 13.8 Å². The largest absolute Gasteiger partial charge is 0.379 e. The summed E-state index contributed by atoms with van der Waals surface area (Å²) in [7, 11) is 0. The van der Waals surface area contributed by atoms with Crippen LogP contribution in [0.3, 0.4) is 0 Å². The van der Waals surface area contributed by atoms with Crippen molar-refractivity contribution < 1.29 is 0 Å². The zero-order valence-electron chi connectivity index (χ0n) is 12.8. The number of thiophene rings is 1. The Morgan fingerprint density at radius 1 is 1.45 bits per heavy atom. The molecule has 0 atom stereocenters. The van der Waals surface area contributed by atoms with Gasteiger partial charge in [0.2, 0.25) is 0 Å². The molecular weight excluding hydrogens is 316 g/mol. The van der Waals surface area contributed by atoms with Gasteiger partial charge in [-0.15, -0.1) is 11.3 Å². The van der Waals surface area contributed by atoms with Gasteiger partial charge in [-0.05, 0) is 45.1 Å². The number of aromatic amines is 1. The van der Waals surface area contributed by atoms with Gasteiger partial charge in [-0.25, -0.2) is 4.98 Å². The fourth-order valence-corrected chi connectivity index (χ4v) is 4.70. The van der Waals surface area contributed by atoms with Crippen molar-refractivity contribution in [2.45, 2.75) is 51.3 Å². The normalized spacial score (nSPS) is 15.5. The van der Waals surface area contributed by atoms with Gasteiger partial charge in [0.05, 0.1) is 11.1 Å². The molecule has 2 aromatic heterocycles. The molecule has 1 aliphatic rings. The zero-order chi connectivity index (χ0) is 15.7. The number of amidine groups is 1. The first-order chi connectivity index (χ1) is 10.5. The van der Waals surface area contributed by atoms with E-state index in [2.05, 4.69) is 15.0 Å². The number of hydrogen-bond acceptors (Lipinski definition) is 5. The topological polar surface area (TPSA) is 84.1 Å². The predicted octanol–water partition coefficient (Wildman–Crippen LogP) is 2.82. The second-order valence-corrected chi connectivity index (χ2v) is 7.83. The maximum atomic E-state index is 12.4. The van der Waals surface area contributed by atoms with Gasteiger partial charge in [0.1, 0.15) is 10.7 Å².